The highest BCUT2D eigenvalue weighted by Gasteiger charge is 2.54. The third-order valence-electron chi connectivity index (χ3n) is 5.67. The number of nitrogens with one attached hydrogen (secondary N) is 2. The molecule has 1 fully saturated rings. The first-order valence-corrected chi connectivity index (χ1v) is 11.2. The molecule has 1 heterocycles. The van der Waals surface area contributed by atoms with Crippen LogP contribution in [-0.4, -0.2) is 41.6 Å². The number of hydrogen-bond donors (Lipinski definition) is 2. The van der Waals surface area contributed by atoms with Gasteiger partial charge in [-0.3, -0.25) is 14.5 Å². The summed E-state index contributed by atoms with van der Waals surface area (Å²) in [6, 6.07) is 15.4. The first-order chi connectivity index (χ1) is 14.5. The predicted octanol–water partition coefficient (Wildman–Crippen LogP) is 2.99. The molecule has 0 radical (unpaired) electrons. The van der Waals surface area contributed by atoms with Gasteiger partial charge in [-0.25, -0.2) is 4.79 Å². The Morgan fingerprint density at radius 2 is 1.93 bits per heavy atom. The molecule has 1 aliphatic carbocycles. The largest absolute Gasteiger partial charge is 0.354 e. The normalized spacial score (nSPS) is 20.2. The summed E-state index contributed by atoms with van der Waals surface area (Å²) in [6.07, 6.45) is 2.26. The third kappa shape index (κ3) is 3.94. The van der Waals surface area contributed by atoms with Crippen molar-refractivity contribution in [1.82, 2.24) is 15.5 Å². The summed E-state index contributed by atoms with van der Waals surface area (Å²) >= 11 is 1.65. The van der Waals surface area contributed by atoms with Crippen LogP contribution in [0.25, 0.3) is 0 Å². The number of rotatable bonds is 6. The number of thioether (sulfide) groups is 1. The number of hydrogen-bond acceptors (Lipinski definition) is 4. The van der Waals surface area contributed by atoms with Gasteiger partial charge in [0.25, 0.3) is 5.91 Å². The molecule has 4 rings (SSSR count). The van der Waals surface area contributed by atoms with Crippen molar-refractivity contribution < 1.29 is 14.4 Å². The van der Waals surface area contributed by atoms with Crippen LogP contribution >= 0.6 is 11.8 Å². The molecule has 2 aliphatic rings. The van der Waals surface area contributed by atoms with E-state index in [0.29, 0.717) is 18.7 Å². The third-order valence-corrected chi connectivity index (χ3v) is 6.68. The fourth-order valence-corrected chi connectivity index (χ4v) is 4.92. The van der Waals surface area contributed by atoms with Gasteiger partial charge in [0.1, 0.15) is 12.1 Å². The number of carbonyl (C=O) groups excluding carboxylic acids is 3. The Kier molecular flexibility index (Phi) is 5.81. The van der Waals surface area contributed by atoms with E-state index in [9.17, 15) is 14.4 Å². The average molecular weight is 424 g/mol. The maximum Gasteiger partial charge on any atom is 0.325 e. The second-order valence-electron chi connectivity index (χ2n) is 7.75. The second-order valence-corrected chi connectivity index (χ2v) is 8.92. The van der Waals surface area contributed by atoms with Crippen molar-refractivity contribution >= 4 is 29.6 Å². The van der Waals surface area contributed by atoms with Gasteiger partial charge in [-0.15, -0.1) is 11.8 Å². The minimum absolute atomic E-state index is 0.260. The van der Waals surface area contributed by atoms with E-state index in [-0.39, 0.29) is 18.4 Å². The van der Waals surface area contributed by atoms with E-state index in [1.807, 2.05) is 31.2 Å². The quantitative estimate of drug-likeness (QED) is 0.425. The highest BCUT2D eigenvalue weighted by atomic mass is 32.2. The maximum absolute atomic E-state index is 13.2. The molecule has 6 nitrogen and oxygen atoms in total. The molecule has 1 spiro atoms. The van der Waals surface area contributed by atoms with Crippen LogP contribution in [0.15, 0.2) is 53.4 Å². The summed E-state index contributed by atoms with van der Waals surface area (Å²) < 4.78 is 0. The highest BCUT2D eigenvalue weighted by molar-refractivity contribution is 7.99. The predicted molar refractivity (Wildman–Crippen MR) is 116 cm³/mol. The lowest BCUT2D eigenvalue weighted by Crippen LogP contribution is -2.47. The molecule has 0 aromatic heterocycles. The SMILES string of the molecule is Cc1ccc(SCCNC(=O)CN2C(=O)N[C@]3(CCCc4ccccc43)C2=O)cc1. The number of imide groups is 1. The molecule has 2 N–H and O–H groups in total. The van der Waals surface area contributed by atoms with E-state index in [2.05, 4.69) is 34.9 Å². The van der Waals surface area contributed by atoms with Crippen molar-refractivity contribution in [1.29, 1.82) is 0 Å². The molecular formula is C23H25N3O3S. The molecule has 1 atom stereocenters. The molecule has 156 valence electrons. The number of fused-ring (bicyclic) bond motifs is 2. The van der Waals surface area contributed by atoms with E-state index in [4.69, 9.17) is 0 Å². The second kappa shape index (κ2) is 8.52. The summed E-state index contributed by atoms with van der Waals surface area (Å²) in [5.74, 6) is 0.0553. The van der Waals surface area contributed by atoms with Crippen LogP contribution in [0.4, 0.5) is 4.79 Å². The Hall–Kier alpha value is -2.80. The molecular weight excluding hydrogens is 398 g/mol. The number of urea groups is 1. The average Bonchev–Trinajstić information content (AvgIpc) is 2.97. The Labute approximate surface area is 180 Å². The fraction of sp³-hybridized carbons (Fsp3) is 0.348. The van der Waals surface area contributed by atoms with Crippen LogP contribution in [0.5, 0.6) is 0 Å². The van der Waals surface area contributed by atoms with Gasteiger partial charge in [-0.2, -0.15) is 0 Å². The van der Waals surface area contributed by atoms with E-state index in [1.54, 1.807) is 11.8 Å². The molecule has 0 unspecified atom stereocenters. The van der Waals surface area contributed by atoms with Crippen LogP contribution in [0, 0.1) is 6.92 Å². The molecule has 2 aromatic carbocycles. The van der Waals surface area contributed by atoms with Gasteiger partial charge in [0, 0.05) is 17.2 Å². The summed E-state index contributed by atoms with van der Waals surface area (Å²) in [7, 11) is 0. The maximum atomic E-state index is 13.2. The van der Waals surface area contributed by atoms with Gasteiger partial charge in [0.15, 0.2) is 0 Å². The standard InChI is InChI=1S/C23H25N3O3S/c1-16-8-10-18(11-9-16)30-14-13-24-20(27)15-26-21(28)23(25-22(26)29)12-4-6-17-5-2-3-7-19(17)23/h2-3,5,7-11H,4,6,12-15H2,1H3,(H,24,27)(H,25,29)/t23-/m0/s1. The van der Waals surface area contributed by atoms with Crippen LogP contribution in [0.3, 0.4) is 0 Å². The van der Waals surface area contributed by atoms with Crippen molar-refractivity contribution in [2.24, 2.45) is 0 Å². The van der Waals surface area contributed by atoms with Crippen LogP contribution < -0.4 is 10.6 Å². The monoisotopic (exact) mass is 423 g/mol. The number of benzene rings is 2. The summed E-state index contributed by atoms with van der Waals surface area (Å²) in [5, 5.41) is 5.69. The van der Waals surface area contributed by atoms with Crippen molar-refractivity contribution in [3.8, 4) is 0 Å². The Morgan fingerprint density at radius 1 is 1.17 bits per heavy atom. The number of nitrogens with zero attached hydrogens (tertiary/aromatic N) is 1. The molecule has 0 saturated carbocycles. The molecule has 30 heavy (non-hydrogen) atoms. The topological polar surface area (TPSA) is 78.5 Å². The lowest BCUT2D eigenvalue weighted by molar-refractivity contribution is -0.135. The number of carbonyl (C=O) groups is 3. The minimum Gasteiger partial charge on any atom is -0.354 e. The zero-order valence-electron chi connectivity index (χ0n) is 16.9. The lowest BCUT2D eigenvalue weighted by atomic mass is 9.76. The zero-order valence-corrected chi connectivity index (χ0v) is 17.8. The molecule has 2 aromatic rings. The molecule has 4 amide bonds. The summed E-state index contributed by atoms with van der Waals surface area (Å²) in [5.41, 5.74) is 2.11. The first kappa shape index (κ1) is 20.5. The summed E-state index contributed by atoms with van der Waals surface area (Å²) in [6.45, 7) is 2.25. The van der Waals surface area contributed by atoms with Crippen molar-refractivity contribution in [2.45, 2.75) is 36.6 Å². The van der Waals surface area contributed by atoms with Gasteiger partial charge in [-0.05, 0) is 49.4 Å². The van der Waals surface area contributed by atoms with Gasteiger partial charge in [0.2, 0.25) is 5.91 Å². The number of amides is 4. The van der Waals surface area contributed by atoms with Crippen LogP contribution in [0.1, 0.15) is 29.5 Å². The van der Waals surface area contributed by atoms with E-state index < -0.39 is 11.6 Å². The Morgan fingerprint density at radius 3 is 2.73 bits per heavy atom. The summed E-state index contributed by atoms with van der Waals surface area (Å²) in [4.78, 5) is 40.3. The Balaban J connectivity index is 1.34. The fourth-order valence-electron chi connectivity index (χ4n) is 4.15. The molecule has 0 bridgehead atoms. The molecule has 7 heteroatoms. The molecule has 1 aliphatic heterocycles. The van der Waals surface area contributed by atoms with Crippen molar-refractivity contribution in [2.75, 3.05) is 18.8 Å². The smallest absolute Gasteiger partial charge is 0.325 e. The van der Waals surface area contributed by atoms with Crippen LogP contribution in [0.2, 0.25) is 0 Å². The minimum atomic E-state index is -1.03. The van der Waals surface area contributed by atoms with Gasteiger partial charge in [0.05, 0.1) is 0 Å². The van der Waals surface area contributed by atoms with E-state index >= 15 is 0 Å². The van der Waals surface area contributed by atoms with Gasteiger partial charge < -0.3 is 10.6 Å². The van der Waals surface area contributed by atoms with Gasteiger partial charge in [-0.1, -0.05) is 42.0 Å². The van der Waals surface area contributed by atoms with Gasteiger partial charge >= 0.3 is 6.03 Å². The lowest BCUT2D eigenvalue weighted by Gasteiger charge is -2.33. The van der Waals surface area contributed by atoms with E-state index in [0.717, 1.165) is 33.8 Å². The molecule has 1 saturated heterocycles. The van der Waals surface area contributed by atoms with Crippen molar-refractivity contribution in [3.05, 3.63) is 65.2 Å². The highest BCUT2D eigenvalue weighted by Crippen LogP contribution is 2.39. The number of aryl methyl sites for hydroxylation is 2. The van der Waals surface area contributed by atoms with Crippen molar-refractivity contribution in [3.63, 3.8) is 0 Å². The first-order valence-electron chi connectivity index (χ1n) is 10.2. The Bertz CT molecular complexity index is 976. The zero-order chi connectivity index (χ0) is 21.1. The van der Waals surface area contributed by atoms with Crippen LogP contribution in [-0.2, 0) is 21.5 Å². The van der Waals surface area contributed by atoms with E-state index in [1.165, 1.54) is 5.56 Å².